The number of carbonyl (C=O) groups is 5. The van der Waals surface area contributed by atoms with Crippen LogP contribution < -0.4 is 21.3 Å². The molecule has 1 aliphatic rings. The van der Waals surface area contributed by atoms with E-state index >= 15 is 0 Å². The number of rotatable bonds is 13. The molecule has 1 aromatic rings. The fraction of sp³-hybridized carbons (Fsp3) is 0.542. The Balaban J connectivity index is 2.24. The van der Waals surface area contributed by atoms with Gasteiger partial charge in [0, 0.05) is 6.42 Å². The van der Waals surface area contributed by atoms with Crippen molar-refractivity contribution in [3.05, 3.63) is 29.8 Å². The van der Waals surface area contributed by atoms with Gasteiger partial charge in [0.15, 0.2) is 0 Å². The summed E-state index contributed by atoms with van der Waals surface area (Å²) in [7, 11) is 0. The molecule has 0 aliphatic carbocycles. The molecule has 1 heterocycles. The van der Waals surface area contributed by atoms with Crippen LogP contribution in [0.3, 0.4) is 0 Å². The van der Waals surface area contributed by atoms with E-state index in [0.717, 1.165) is 6.42 Å². The van der Waals surface area contributed by atoms with Gasteiger partial charge in [-0.2, -0.15) is 0 Å². The van der Waals surface area contributed by atoms with Crippen molar-refractivity contribution >= 4 is 29.7 Å². The van der Waals surface area contributed by atoms with Crippen LogP contribution in [-0.4, -0.2) is 75.7 Å². The highest BCUT2D eigenvalue weighted by Gasteiger charge is 2.34. The lowest BCUT2D eigenvalue weighted by Gasteiger charge is -2.28. The number of carboxylic acid groups (broad SMARTS) is 2. The number of carbonyl (C=O) groups excluding carboxylic acids is 3. The second-order valence-electron chi connectivity index (χ2n) is 8.95. The number of aromatic hydroxyl groups is 1. The van der Waals surface area contributed by atoms with E-state index in [2.05, 4.69) is 21.3 Å². The number of hydrogen-bond donors (Lipinski definition) is 7. The van der Waals surface area contributed by atoms with Gasteiger partial charge in [0.1, 0.15) is 23.9 Å². The zero-order valence-electron chi connectivity index (χ0n) is 20.3. The maximum atomic E-state index is 13.3. The molecule has 1 fully saturated rings. The predicted octanol–water partition coefficient (Wildman–Crippen LogP) is -0.253. The van der Waals surface area contributed by atoms with Gasteiger partial charge in [-0.3, -0.25) is 19.2 Å². The van der Waals surface area contributed by atoms with Crippen LogP contribution in [0, 0.1) is 5.92 Å². The van der Waals surface area contributed by atoms with E-state index in [9.17, 15) is 34.2 Å². The van der Waals surface area contributed by atoms with E-state index in [1.807, 2.05) is 6.92 Å². The zero-order chi connectivity index (χ0) is 26.8. The van der Waals surface area contributed by atoms with Crippen LogP contribution in [-0.2, 0) is 30.4 Å². The van der Waals surface area contributed by atoms with Crippen LogP contribution in [0.1, 0.15) is 45.1 Å². The number of phenols is 1. The molecule has 12 heteroatoms. The summed E-state index contributed by atoms with van der Waals surface area (Å²) in [5.41, 5.74) is 0.553. The fourth-order valence-electron chi connectivity index (χ4n) is 3.85. The molecule has 0 saturated carbocycles. The van der Waals surface area contributed by atoms with E-state index in [1.165, 1.54) is 24.3 Å². The average Bonchev–Trinajstić information content (AvgIpc) is 3.37. The summed E-state index contributed by atoms with van der Waals surface area (Å²) in [5, 5.41) is 38.4. The Labute approximate surface area is 208 Å². The van der Waals surface area contributed by atoms with Crippen molar-refractivity contribution in [1.82, 2.24) is 21.3 Å². The topological polar surface area (TPSA) is 194 Å². The van der Waals surface area contributed by atoms with Gasteiger partial charge >= 0.3 is 11.9 Å². The maximum Gasteiger partial charge on any atom is 0.326 e. The molecule has 36 heavy (non-hydrogen) atoms. The van der Waals surface area contributed by atoms with Crippen LogP contribution in [0.15, 0.2) is 24.3 Å². The van der Waals surface area contributed by atoms with Crippen molar-refractivity contribution in [3.8, 4) is 5.75 Å². The first-order valence-corrected chi connectivity index (χ1v) is 11.9. The second-order valence-corrected chi connectivity index (χ2v) is 8.95. The summed E-state index contributed by atoms with van der Waals surface area (Å²) in [5.74, 6) is -5.06. The minimum atomic E-state index is -1.70. The molecule has 0 aromatic heterocycles. The van der Waals surface area contributed by atoms with E-state index in [-0.39, 0.29) is 24.0 Å². The third-order valence-corrected chi connectivity index (χ3v) is 6.17. The Morgan fingerprint density at radius 2 is 1.64 bits per heavy atom. The minimum Gasteiger partial charge on any atom is -0.508 e. The van der Waals surface area contributed by atoms with Gasteiger partial charge in [-0.1, -0.05) is 32.4 Å². The highest BCUT2D eigenvalue weighted by molar-refractivity contribution is 5.95. The van der Waals surface area contributed by atoms with Gasteiger partial charge in [-0.05, 0) is 43.0 Å². The van der Waals surface area contributed by atoms with Gasteiger partial charge in [-0.15, -0.1) is 0 Å². The van der Waals surface area contributed by atoms with Crippen molar-refractivity contribution in [2.24, 2.45) is 5.92 Å². The number of hydrogen-bond acceptors (Lipinski definition) is 7. The maximum absolute atomic E-state index is 13.3. The van der Waals surface area contributed by atoms with Gasteiger partial charge < -0.3 is 36.6 Å². The van der Waals surface area contributed by atoms with Crippen molar-refractivity contribution < 1.29 is 39.3 Å². The molecule has 198 valence electrons. The monoisotopic (exact) mass is 506 g/mol. The number of benzene rings is 1. The van der Waals surface area contributed by atoms with Crippen molar-refractivity contribution in [3.63, 3.8) is 0 Å². The molecule has 5 unspecified atom stereocenters. The van der Waals surface area contributed by atoms with Crippen molar-refractivity contribution in [2.45, 2.75) is 70.1 Å². The molecular formula is C24H34N4O8. The Morgan fingerprint density at radius 3 is 2.17 bits per heavy atom. The lowest BCUT2D eigenvalue weighted by molar-refractivity contribution is -0.147. The molecule has 0 bridgehead atoms. The van der Waals surface area contributed by atoms with Gasteiger partial charge in [0.25, 0.3) is 0 Å². The van der Waals surface area contributed by atoms with Gasteiger partial charge in [0.05, 0.1) is 12.5 Å². The van der Waals surface area contributed by atoms with E-state index in [4.69, 9.17) is 5.11 Å². The lowest BCUT2D eigenvalue weighted by Crippen LogP contribution is -2.59. The zero-order valence-corrected chi connectivity index (χ0v) is 20.3. The van der Waals surface area contributed by atoms with Crippen molar-refractivity contribution in [2.75, 3.05) is 6.54 Å². The summed E-state index contributed by atoms with van der Waals surface area (Å²) in [6, 6.07) is 1.53. The Kier molecular flexibility index (Phi) is 10.7. The smallest absolute Gasteiger partial charge is 0.326 e. The van der Waals surface area contributed by atoms with Crippen LogP contribution in [0.5, 0.6) is 5.75 Å². The lowest BCUT2D eigenvalue weighted by atomic mass is 9.96. The SMILES string of the molecule is CCC(C)C(NC(=O)C1CCCN1)C(=O)NC(Cc1ccc(O)cc1)C(=O)NC(CC(=O)O)C(=O)O. The molecule has 7 N–H and O–H groups in total. The molecule has 2 rings (SSSR count). The summed E-state index contributed by atoms with van der Waals surface area (Å²) < 4.78 is 0. The Hall–Kier alpha value is -3.67. The summed E-state index contributed by atoms with van der Waals surface area (Å²) in [4.78, 5) is 61.4. The standard InChI is InChI=1S/C24H34N4O8/c1-3-13(2)20(28-21(32)16-5-4-10-25-16)23(34)26-17(11-14-6-8-15(29)9-7-14)22(33)27-18(24(35)36)12-19(30)31/h6-9,13,16-18,20,25,29H,3-5,10-12H2,1-2H3,(H,26,34)(H,27,33)(H,28,32)(H,30,31)(H,35,36). The molecule has 12 nitrogen and oxygen atoms in total. The van der Waals surface area contributed by atoms with Gasteiger partial charge in [-0.25, -0.2) is 4.79 Å². The third kappa shape index (κ3) is 8.52. The number of aliphatic carboxylic acids is 2. The predicted molar refractivity (Wildman–Crippen MR) is 128 cm³/mol. The quantitative estimate of drug-likeness (QED) is 0.189. The minimum absolute atomic E-state index is 0.00347. The highest BCUT2D eigenvalue weighted by Crippen LogP contribution is 2.14. The Bertz CT molecular complexity index is 946. The molecule has 0 spiro atoms. The second kappa shape index (κ2) is 13.4. The first-order valence-electron chi connectivity index (χ1n) is 11.9. The normalized spacial score (nSPS) is 18.3. The van der Waals surface area contributed by atoms with E-state index < -0.39 is 54.3 Å². The molecule has 1 saturated heterocycles. The summed E-state index contributed by atoms with van der Waals surface area (Å²) in [6.07, 6.45) is 1.13. The number of carboxylic acids is 2. The van der Waals surface area contributed by atoms with Crippen molar-refractivity contribution in [1.29, 1.82) is 0 Å². The van der Waals surface area contributed by atoms with Crippen LogP contribution in [0.4, 0.5) is 0 Å². The number of phenolic OH excluding ortho intramolecular Hbond substituents is 1. The molecular weight excluding hydrogens is 472 g/mol. The molecule has 0 radical (unpaired) electrons. The number of amides is 3. The third-order valence-electron chi connectivity index (χ3n) is 6.17. The first-order chi connectivity index (χ1) is 17.0. The number of nitrogens with one attached hydrogen (secondary N) is 4. The Morgan fingerprint density at radius 1 is 1.00 bits per heavy atom. The molecule has 5 atom stereocenters. The molecule has 3 amide bonds. The van der Waals surface area contributed by atoms with Crippen LogP contribution in [0.25, 0.3) is 0 Å². The molecule has 1 aliphatic heterocycles. The molecule has 1 aromatic carbocycles. The van der Waals surface area contributed by atoms with Gasteiger partial charge in [0.2, 0.25) is 17.7 Å². The van der Waals surface area contributed by atoms with Crippen LogP contribution in [0.2, 0.25) is 0 Å². The van der Waals surface area contributed by atoms with E-state index in [1.54, 1.807) is 6.92 Å². The largest absolute Gasteiger partial charge is 0.508 e. The summed E-state index contributed by atoms with van der Waals surface area (Å²) in [6.45, 7) is 4.35. The highest BCUT2D eigenvalue weighted by atomic mass is 16.4. The average molecular weight is 507 g/mol. The summed E-state index contributed by atoms with van der Waals surface area (Å²) >= 11 is 0. The van der Waals surface area contributed by atoms with E-state index in [0.29, 0.717) is 24.9 Å². The van der Waals surface area contributed by atoms with Crippen LogP contribution >= 0.6 is 0 Å². The first kappa shape index (κ1) is 28.6. The fourth-order valence-corrected chi connectivity index (χ4v) is 3.85.